The van der Waals surface area contributed by atoms with Crippen LogP contribution < -0.4 is 20.5 Å². The van der Waals surface area contributed by atoms with Crippen molar-refractivity contribution >= 4 is 22.9 Å². The zero-order valence-electron chi connectivity index (χ0n) is 18.3. The summed E-state index contributed by atoms with van der Waals surface area (Å²) in [6, 6.07) is 14.8. The number of ether oxygens (including phenoxy) is 2. The molecule has 0 saturated heterocycles. The fourth-order valence-corrected chi connectivity index (χ4v) is 3.63. The van der Waals surface area contributed by atoms with Gasteiger partial charge in [0.25, 0.3) is 0 Å². The van der Waals surface area contributed by atoms with Gasteiger partial charge in [0.15, 0.2) is 0 Å². The lowest BCUT2D eigenvalue weighted by Crippen LogP contribution is -2.10. The number of anilines is 1. The number of aromatic nitrogens is 3. The van der Waals surface area contributed by atoms with Gasteiger partial charge in [0.1, 0.15) is 17.0 Å². The number of rotatable bonds is 8. The third-order valence-corrected chi connectivity index (χ3v) is 5.38. The van der Waals surface area contributed by atoms with Crippen molar-refractivity contribution in [2.75, 3.05) is 26.1 Å². The van der Waals surface area contributed by atoms with Crippen molar-refractivity contribution < 1.29 is 14.3 Å². The molecule has 0 aliphatic carbocycles. The van der Waals surface area contributed by atoms with E-state index in [0.29, 0.717) is 12.1 Å². The molecule has 0 aliphatic rings. The Labute approximate surface area is 186 Å². The number of imidazole rings is 1. The normalized spacial score (nSPS) is 10.8. The van der Waals surface area contributed by atoms with Gasteiger partial charge in [-0.3, -0.25) is 9.78 Å². The first-order valence-corrected chi connectivity index (χ1v) is 10.2. The predicted octanol–water partition coefficient (Wildman–Crippen LogP) is 3.41. The van der Waals surface area contributed by atoms with Crippen molar-refractivity contribution in [2.45, 2.75) is 6.42 Å². The number of carbonyl (C=O) groups excluding carboxylic acids is 1. The quantitative estimate of drug-likeness (QED) is 0.443. The summed E-state index contributed by atoms with van der Waals surface area (Å²) in [4.78, 5) is 20.7. The van der Waals surface area contributed by atoms with Gasteiger partial charge in [-0.05, 0) is 48.4 Å². The second kappa shape index (κ2) is 8.97. The van der Waals surface area contributed by atoms with Crippen molar-refractivity contribution in [1.29, 1.82) is 0 Å². The van der Waals surface area contributed by atoms with E-state index in [2.05, 4.69) is 15.3 Å². The Bertz CT molecular complexity index is 1280. The average molecular weight is 431 g/mol. The summed E-state index contributed by atoms with van der Waals surface area (Å²) in [6.45, 7) is 0.668. The molecule has 0 aliphatic heterocycles. The number of amides is 1. The van der Waals surface area contributed by atoms with Gasteiger partial charge in [-0.15, -0.1) is 0 Å². The molecule has 0 atom stereocenters. The first-order valence-electron chi connectivity index (χ1n) is 10.2. The van der Waals surface area contributed by atoms with E-state index in [4.69, 9.17) is 15.2 Å². The molecule has 0 radical (unpaired) electrons. The van der Waals surface area contributed by atoms with E-state index in [0.717, 1.165) is 51.7 Å². The molecule has 1 amide bonds. The Hall–Kier alpha value is -4.07. The monoisotopic (exact) mass is 431 g/mol. The fraction of sp³-hybridized carbons (Fsp3) is 0.208. The number of pyridine rings is 1. The molecule has 8 heteroatoms. The van der Waals surface area contributed by atoms with Gasteiger partial charge >= 0.3 is 0 Å². The number of benzene rings is 2. The van der Waals surface area contributed by atoms with Crippen LogP contribution in [0.25, 0.3) is 22.3 Å². The van der Waals surface area contributed by atoms with E-state index in [-0.39, 0.29) is 0 Å². The lowest BCUT2D eigenvalue weighted by molar-refractivity contribution is 0.100. The van der Waals surface area contributed by atoms with Crippen LogP contribution in [0.1, 0.15) is 15.9 Å². The average Bonchev–Trinajstić information content (AvgIpc) is 3.13. The van der Waals surface area contributed by atoms with Crippen molar-refractivity contribution in [2.24, 2.45) is 12.8 Å². The van der Waals surface area contributed by atoms with Crippen LogP contribution in [0.15, 0.2) is 54.7 Å². The van der Waals surface area contributed by atoms with Crippen LogP contribution in [0.4, 0.5) is 5.95 Å². The second-order valence-corrected chi connectivity index (χ2v) is 7.35. The van der Waals surface area contributed by atoms with E-state index in [1.165, 1.54) is 0 Å². The van der Waals surface area contributed by atoms with Crippen LogP contribution in [-0.4, -0.2) is 41.2 Å². The van der Waals surface area contributed by atoms with Crippen LogP contribution in [0, 0.1) is 0 Å². The van der Waals surface area contributed by atoms with E-state index < -0.39 is 5.91 Å². The number of hydrogen-bond donors (Lipinski definition) is 2. The summed E-state index contributed by atoms with van der Waals surface area (Å²) in [6.07, 6.45) is 2.48. The van der Waals surface area contributed by atoms with Gasteiger partial charge in [-0.2, -0.15) is 0 Å². The van der Waals surface area contributed by atoms with Gasteiger partial charge in [0.2, 0.25) is 11.9 Å². The first kappa shape index (κ1) is 21.2. The van der Waals surface area contributed by atoms with Crippen molar-refractivity contribution in [3.63, 3.8) is 0 Å². The molecule has 0 bridgehead atoms. The maximum absolute atomic E-state index is 11.5. The van der Waals surface area contributed by atoms with Crippen LogP contribution in [-0.2, 0) is 13.5 Å². The number of nitrogens with two attached hydrogens (primary N) is 1. The minimum absolute atomic E-state index is 0.449. The van der Waals surface area contributed by atoms with Gasteiger partial charge in [0.05, 0.1) is 31.6 Å². The number of nitrogens with one attached hydrogen (secondary N) is 1. The highest BCUT2D eigenvalue weighted by Gasteiger charge is 2.12. The number of nitrogens with zero attached hydrogens (tertiary/aromatic N) is 3. The van der Waals surface area contributed by atoms with Crippen LogP contribution in [0.2, 0.25) is 0 Å². The summed E-state index contributed by atoms with van der Waals surface area (Å²) in [7, 11) is 5.26. The Balaban J connectivity index is 1.54. The molecular weight excluding hydrogens is 406 g/mol. The molecule has 8 nitrogen and oxygen atoms in total. The van der Waals surface area contributed by atoms with Crippen LogP contribution >= 0.6 is 0 Å². The lowest BCUT2D eigenvalue weighted by Gasteiger charge is -2.11. The first-order chi connectivity index (χ1) is 15.5. The topological polar surface area (TPSA) is 104 Å². The molecule has 0 unspecified atom stereocenters. The Morgan fingerprint density at radius 3 is 2.72 bits per heavy atom. The smallest absolute Gasteiger partial charge is 0.248 e. The molecule has 0 fully saturated rings. The molecular formula is C24H25N5O3. The maximum atomic E-state index is 11.5. The molecule has 0 spiro atoms. The minimum atomic E-state index is -0.465. The molecule has 164 valence electrons. The largest absolute Gasteiger partial charge is 0.497 e. The molecule has 2 aromatic carbocycles. The van der Waals surface area contributed by atoms with E-state index >= 15 is 0 Å². The fourth-order valence-electron chi connectivity index (χ4n) is 3.63. The zero-order chi connectivity index (χ0) is 22.7. The van der Waals surface area contributed by atoms with Crippen molar-refractivity contribution in [3.05, 3.63) is 65.9 Å². The van der Waals surface area contributed by atoms with E-state index in [1.807, 2.05) is 41.9 Å². The van der Waals surface area contributed by atoms with Gasteiger partial charge in [0, 0.05) is 24.7 Å². The minimum Gasteiger partial charge on any atom is -0.497 e. The number of fused-ring (bicyclic) bond motifs is 1. The molecule has 4 rings (SSSR count). The number of hydrogen-bond acceptors (Lipinski definition) is 6. The van der Waals surface area contributed by atoms with Crippen LogP contribution in [0.5, 0.6) is 11.5 Å². The number of primary amides is 1. The summed E-state index contributed by atoms with van der Waals surface area (Å²) < 4.78 is 12.8. The van der Waals surface area contributed by atoms with Gasteiger partial charge < -0.3 is 25.1 Å². The third kappa shape index (κ3) is 4.20. The standard InChI is InChI=1S/C24H25N5O3/c1-29-21-13-19(15-5-4-6-17(11-15)23(25)30)27-14-20(21)28-24(29)26-10-9-16-12-18(31-2)7-8-22(16)32-3/h4-8,11-14H,9-10H2,1-3H3,(H2,25,30)(H,26,28). The molecule has 4 aromatic rings. The summed E-state index contributed by atoms with van der Waals surface area (Å²) in [5, 5.41) is 3.39. The zero-order valence-corrected chi connectivity index (χ0v) is 18.3. The Morgan fingerprint density at radius 1 is 1.12 bits per heavy atom. The van der Waals surface area contributed by atoms with E-state index in [1.54, 1.807) is 38.6 Å². The third-order valence-electron chi connectivity index (χ3n) is 5.38. The highest BCUT2D eigenvalue weighted by atomic mass is 16.5. The number of methoxy groups -OCH3 is 2. The Morgan fingerprint density at radius 2 is 1.97 bits per heavy atom. The molecule has 3 N–H and O–H groups in total. The summed E-state index contributed by atoms with van der Waals surface area (Å²) in [5.74, 6) is 1.89. The maximum Gasteiger partial charge on any atom is 0.248 e. The van der Waals surface area contributed by atoms with Crippen molar-refractivity contribution in [3.8, 4) is 22.8 Å². The van der Waals surface area contributed by atoms with E-state index in [9.17, 15) is 4.79 Å². The molecule has 0 saturated carbocycles. The summed E-state index contributed by atoms with van der Waals surface area (Å²) >= 11 is 0. The second-order valence-electron chi connectivity index (χ2n) is 7.35. The Kier molecular flexibility index (Phi) is 5.93. The summed E-state index contributed by atoms with van der Waals surface area (Å²) in [5.41, 5.74) is 10.2. The highest BCUT2D eigenvalue weighted by Crippen LogP contribution is 2.26. The highest BCUT2D eigenvalue weighted by molar-refractivity contribution is 5.94. The molecule has 32 heavy (non-hydrogen) atoms. The van der Waals surface area contributed by atoms with Gasteiger partial charge in [-0.1, -0.05) is 12.1 Å². The van der Waals surface area contributed by atoms with Crippen molar-refractivity contribution in [1.82, 2.24) is 14.5 Å². The predicted molar refractivity (Wildman–Crippen MR) is 124 cm³/mol. The number of aryl methyl sites for hydroxylation is 1. The molecule has 2 heterocycles. The molecule has 2 aromatic heterocycles. The lowest BCUT2D eigenvalue weighted by atomic mass is 10.1. The van der Waals surface area contributed by atoms with Crippen LogP contribution in [0.3, 0.4) is 0 Å². The number of carbonyl (C=O) groups is 1. The SMILES string of the molecule is COc1ccc(OC)c(CCNc2nc3cnc(-c4cccc(C(N)=O)c4)cc3n2C)c1. The van der Waals surface area contributed by atoms with Gasteiger partial charge in [-0.25, -0.2) is 4.98 Å².